The van der Waals surface area contributed by atoms with Crippen molar-refractivity contribution in [1.29, 1.82) is 0 Å². The Morgan fingerprint density at radius 2 is 2.15 bits per heavy atom. The zero-order valence-corrected chi connectivity index (χ0v) is 11.8. The minimum absolute atomic E-state index is 0.127. The molecule has 0 fully saturated rings. The molecule has 20 heavy (non-hydrogen) atoms. The summed E-state index contributed by atoms with van der Waals surface area (Å²) in [5, 5.41) is 19.9. The monoisotopic (exact) mass is 280 g/mol. The zero-order chi connectivity index (χ0) is 14.7. The SMILES string of the molecule is COc1cc(O)c2c(c1)CCCC(O)CC(C)OC2=O. The van der Waals surface area contributed by atoms with Crippen LogP contribution in [0.3, 0.4) is 0 Å². The predicted molar refractivity (Wildman–Crippen MR) is 73.1 cm³/mol. The maximum Gasteiger partial charge on any atom is 0.342 e. The van der Waals surface area contributed by atoms with E-state index in [1.165, 1.54) is 13.2 Å². The molecule has 0 bridgehead atoms. The van der Waals surface area contributed by atoms with Crippen LogP contribution in [0.5, 0.6) is 11.5 Å². The smallest absolute Gasteiger partial charge is 0.342 e. The molecule has 0 aromatic heterocycles. The average Bonchev–Trinajstić information content (AvgIpc) is 2.36. The number of esters is 1. The van der Waals surface area contributed by atoms with Gasteiger partial charge in [0.2, 0.25) is 0 Å². The minimum atomic E-state index is -0.554. The molecule has 0 amide bonds. The number of rotatable bonds is 1. The van der Waals surface area contributed by atoms with E-state index in [1.807, 2.05) is 0 Å². The number of cyclic esters (lactones) is 1. The first-order chi connectivity index (χ1) is 9.51. The van der Waals surface area contributed by atoms with E-state index in [1.54, 1.807) is 13.0 Å². The number of ether oxygens (including phenoxy) is 2. The van der Waals surface area contributed by atoms with Gasteiger partial charge < -0.3 is 19.7 Å². The Morgan fingerprint density at radius 1 is 1.40 bits per heavy atom. The van der Waals surface area contributed by atoms with Gasteiger partial charge in [-0.2, -0.15) is 0 Å². The molecule has 0 spiro atoms. The highest BCUT2D eigenvalue weighted by atomic mass is 16.5. The molecular weight excluding hydrogens is 260 g/mol. The zero-order valence-electron chi connectivity index (χ0n) is 11.8. The Kier molecular flexibility index (Phi) is 4.49. The fourth-order valence-electron chi connectivity index (χ4n) is 2.53. The lowest BCUT2D eigenvalue weighted by molar-refractivity contribution is 0.0177. The molecule has 1 aromatic rings. The molecule has 5 nitrogen and oxygen atoms in total. The summed E-state index contributed by atoms with van der Waals surface area (Å²) in [6, 6.07) is 3.14. The number of aliphatic hydroxyl groups excluding tert-OH is 1. The lowest BCUT2D eigenvalue weighted by Crippen LogP contribution is -2.23. The molecule has 2 rings (SSSR count). The number of aliphatic hydroxyl groups is 1. The molecule has 1 heterocycles. The summed E-state index contributed by atoms with van der Waals surface area (Å²) in [6.07, 6.45) is 1.52. The van der Waals surface area contributed by atoms with Gasteiger partial charge in [-0.25, -0.2) is 4.79 Å². The molecule has 1 aromatic carbocycles. The maximum atomic E-state index is 12.2. The molecular formula is C15H20O5. The number of carbonyl (C=O) groups is 1. The van der Waals surface area contributed by atoms with Crippen LogP contribution in [-0.2, 0) is 11.2 Å². The van der Waals surface area contributed by atoms with Gasteiger partial charge in [0.15, 0.2) is 0 Å². The number of methoxy groups -OCH3 is 1. The second-order valence-corrected chi connectivity index (χ2v) is 5.18. The minimum Gasteiger partial charge on any atom is -0.507 e. The van der Waals surface area contributed by atoms with Crippen LogP contribution in [0, 0.1) is 0 Å². The van der Waals surface area contributed by atoms with E-state index in [4.69, 9.17) is 9.47 Å². The summed E-state index contributed by atoms with van der Waals surface area (Å²) in [7, 11) is 1.51. The van der Waals surface area contributed by atoms with Crippen LogP contribution in [0.2, 0.25) is 0 Å². The number of carbonyl (C=O) groups excluding carboxylic acids is 1. The quantitative estimate of drug-likeness (QED) is 0.770. The molecule has 0 aliphatic carbocycles. The van der Waals surface area contributed by atoms with Gasteiger partial charge in [0.05, 0.1) is 13.2 Å². The Balaban J connectivity index is 2.39. The fraction of sp³-hybridized carbons (Fsp3) is 0.533. The highest BCUT2D eigenvalue weighted by molar-refractivity contribution is 5.94. The molecule has 110 valence electrons. The van der Waals surface area contributed by atoms with Gasteiger partial charge in [0.25, 0.3) is 0 Å². The van der Waals surface area contributed by atoms with Gasteiger partial charge in [0.1, 0.15) is 23.2 Å². The van der Waals surface area contributed by atoms with Crippen molar-refractivity contribution in [3.05, 3.63) is 23.3 Å². The van der Waals surface area contributed by atoms with E-state index in [0.29, 0.717) is 30.6 Å². The van der Waals surface area contributed by atoms with Crippen molar-refractivity contribution in [2.24, 2.45) is 0 Å². The van der Waals surface area contributed by atoms with Crippen LogP contribution in [0.1, 0.15) is 42.1 Å². The second kappa shape index (κ2) is 6.13. The van der Waals surface area contributed by atoms with Crippen LogP contribution in [0.4, 0.5) is 0 Å². The molecule has 1 aliphatic rings. The van der Waals surface area contributed by atoms with Crippen molar-refractivity contribution in [3.8, 4) is 11.5 Å². The molecule has 5 heteroatoms. The molecule has 2 unspecified atom stereocenters. The standard InChI is InChI=1S/C15H20O5/c1-9-6-11(16)5-3-4-10-7-12(19-2)8-13(17)14(10)15(18)20-9/h7-9,11,16-17H,3-6H2,1-2H3. The number of phenolic OH excluding ortho intramolecular Hbond substituents is 1. The summed E-state index contributed by atoms with van der Waals surface area (Å²) >= 11 is 0. The van der Waals surface area contributed by atoms with Gasteiger partial charge in [-0.05, 0) is 37.8 Å². The van der Waals surface area contributed by atoms with Gasteiger partial charge in [0, 0.05) is 12.5 Å². The first kappa shape index (κ1) is 14.7. The third kappa shape index (κ3) is 3.22. The predicted octanol–water partition coefficient (Wildman–Crippen LogP) is 2.03. The maximum absolute atomic E-state index is 12.2. The molecule has 2 atom stereocenters. The van der Waals surface area contributed by atoms with Crippen molar-refractivity contribution in [1.82, 2.24) is 0 Å². The van der Waals surface area contributed by atoms with Crippen molar-refractivity contribution >= 4 is 5.97 Å². The van der Waals surface area contributed by atoms with Crippen molar-refractivity contribution < 1.29 is 24.5 Å². The topological polar surface area (TPSA) is 76.0 Å². The largest absolute Gasteiger partial charge is 0.507 e. The Labute approximate surface area is 118 Å². The highest BCUT2D eigenvalue weighted by Crippen LogP contribution is 2.31. The van der Waals surface area contributed by atoms with E-state index in [0.717, 1.165) is 6.42 Å². The van der Waals surface area contributed by atoms with Crippen molar-refractivity contribution in [2.45, 2.75) is 44.8 Å². The Bertz CT molecular complexity index is 497. The van der Waals surface area contributed by atoms with Gasteiger partial charge in [-0.1, -0.05) is 0 Å². The van der Waals surface area contributed by atoms with E-state index in [-0.39, 0.29) is 17.4 Å². The molecule has 0 saturated heterocycles. The van der Waals surface area contributed by atoms with Crippen LogP contribution in [-0.4, -0.2) is 35.5 Å². The summed E-state index contributed by atoms with van der Waals surface area (Å²) < 4.78 is 10.4. The average molecular weight is 280 g/mol. The summed E-state index contributed by atoms with van der Waals surface area (Å²) in [4.78, 5) is 12.2. The molecule has 0 saturated carbocycles. The third-order valence-corrected chi connectivity index (χ3v) is 3.51. The number of hydrogen-bond acceptors (Lipinski definition) is 5. The first-order valence-electron chi connectivity index (χ1n) is 6.80. The van der Waals surface area contributed by atoms with Gasteiger partial charge >= 0.3 is 5.97 Å². The fourth-order valence-corrected chi connectivity index (χ4v) is 2.53. The third-order valence-electron chi connectivity index (χ3n) is 3.51. The van der Waals surface area contributed by atoms with Crippen LogP contribution in [0.15, 0.2) is 12.1 Å². The first-order valence-corrected chi connectivity index (χ1v) is 6.80. The highest BCUT2D eigenvalue weighted by Gasteiger charge is 2.24. The van der Waals surface area contributed by atoms with E-state index >= 15 is 0 Å². The number of phenols is 1. The summed E-state index contributed by atoms with van der Waals surface area (Å²) in [5.41, 5.74) is 0.891. The van der Waals surface area contributed by atoms with E-state index in [9.17, 15) is 15.0 Å². The lowest BCUT2D eigenvalue weighted by Gasteiger charge is -2.21. The molecule has 0 radical (unpaired) electrons. The van der Waals surface area contributed by atoms with Crippen LogP contribution >= 0.6 is 0 Å². The molecule has 1 aliphatic heterocycles. The van der Waals surface area contributed by atoms with Gasteiger partial charge in [-0.15, -0.1) is 0 Å². The number of hydrogen-bond donors (Lipinski definition) is 2. The summed E-state index contributed by atoms with van der Waals surface area (Å²) in [5.74, 6) is -0.181. The van der Waals surface area contributed by atoms with Crippen LogP contribution < -0.4 is 4.74 Å². The second-order valence-electron chi connectivity index (χ2n) is 5.18. The lowest BCUT2D eigenvalue weighted by atomic mass is 9.97. The Hall–Kier alpha value is -1.75. The number of aryl methyl sites for hydroxylation is 1. The number of aromatic hydroxyl groups is 1. The number of benzene rings is 1. The molecule has 2 N–H and O–H groups in total. The van der Waals surface area contributed by atoms with Gasteiger partial charge in [-0.3, -0.25) is 0 Å². The van der Waals surface area contributed by atoms with E-state index < -0.39 is 12.1 Å². The van der Waals surface area contributed by atoms with E-state index in [2.05, 4.69) is 0 Å². The Morgan fingerprint density at radius 3 is 2.85 bits per heavy atom. The van der Waals surface area contributed by atoms with Crippen molar-refractivity contribution in [3.63, 3.8) is 0 Å². The van der Waals surface area contributed by atoms with Crippen LogP contribution in [0.25, 0.3) is 0 Å². The normalized spacial score (nSPS) is 23.6. The number of fused-ring (bicyclic) bond motifs is 1. The van der Waals surface area contributed by atoms with Crippen molar-refractivity contribution in [2.75, 3.05) is 7.11 Å². The summed E-state index contributed by atoms with van der Waals surface area (Å²) in [6.45, 7) is 1.74.